The minimum absolute atomic E-state index is 0.0500. The van der Waals surface area contributed by atoms with Gasteiger partial charge in [-0.3, -0.25) is 9.69 Å². The number of nitrogens with zero attached hydrogens (tertiary/aromatic N) is 1. The molecule has 0 spiro atoms. The molecule has 130 valence electrons. The molecule has 0 bridgehead atoms. The van der Waals surface area contributed by atoms with E-state index in [1.54, 1.807) is 37.3 Å². The highest BCUT2D eigenvalue weighted by atomic mass is 35.5. The lowest BCUT2D eigenvalue weighted by molar-refractivity contribution is -0.131. The first kappa shape index (κ1) is 17.2. The number of amides is 3. The molecule has 1 aliphatic heterocycles. The van der Waals surface area contributed by atoms with E-state index in [9.17, 15) is 14.0 Å². The van der Waals surface area contributed by atoms with Crippen LogP contribution >= 0.6 is 11.6 Å². The van der Waals surface area contributed by atoms with E-state index in [1.165, 1.54) is 19.2 Å². The van der Waals surface area contributed by atoms with Gasteiger partial charge in [0.2, 0.25) is 0 Å². The zero-order valence-electron chi connectivity index (χ0n) is 13.7. The Bertz CT molecular complexity index is 858. The zero-order valence-corrected chi connectivity index (χ0v) is 14.4. The second-order valence-electron chi connectivity index (χ2n) is 5.90. The molecule has 1 N–H and O–H groups in total. The predicted molar refractivity (Wildman–Crippen MR) is 90.8 cm³/mol. The summed E-state index contributed by atoms with van der Waals surface area (Å²) in [4.78, 5) is 26.2. The van der Waals surface area contributed by atoms with Crippen LogP contribution < -0.4 is 10.1 Å². The summed E-state index contributed by atoms with van der Waals surface area (Å²) in [5, 5.41) is 3.06. The fourth-order valence-electron chi connectivity index (χ4n) is 2.88. The lowest BCUT2D eigenvalue weighted by Gasteiger charge is -2.23. The minimum atomic E-state index is -1.26. The van der Waals surface area contributed by atoms with Gasteiger partial charge < -0.3 is 10.1 Å². The maximum atomic E-state index is 13.8. The predicted octanol–water partition coefficient (Wildman–Crippen LogP) is 3.45. The van der Waals surface area contributed by atoms with Crippen molar-refractivity contribution in [2.45, 2.75) is 19.0 Å². The number of nitrogens with one attached hydrogen (secondary N) is 1. The fourth-order valence-corrected chi connectivity index (χ4v) is 3.21. The van der Waals surface area contributed by atoms with Crippen molar-refractivity contribution in [3.05, 3.63) is 64.4 Å². The van der Waals surface area contributed by atoms with Crippen molar-refractivity contribution in [2.24, 2.45) is 0 Å². The van der Waals surface area contributed by atoms with Crippen LogP contribution in [0.1, 0.15) is 18.1 Å². The van der Waals surface area contributed by atoms with E-state index in [2.05, 4.69) is 5.32 Å². The first-order chi connectivity index (χ1) is 11.9. The molecule has 25 heavy (non-hydrogen) atoms. The number of halogens is 2. The normalized spacial score (nSPS) is 19.9. The van der Waals surface area contributed by atoms with Crippen LogP contribution in [0.25, 0.3) is 0 Å². The van der Waals surface area contributed by atoms with E-state index in [1.807, 2.05) is 0 Å². The van der Waals surface area contributed by atoms with Crippen molar-refractivity contribution in [1.82, 2.24) is 10.2 Å². The van der Waals surface area contributed by atoms with Gasteiger partial charge in [-0.25, -0.2) is 9.18 Å². The van der Waals surface area contributed by atoms with Gasteiger partial charge in [0.15, 0.2) is 11.6 Å². The highest BCUT2D eigenvalue weighted by molar-refractivity contribution is 6.32. The number of rotatable bonds is 4. The molecule has 3 rings (SSSR count). The Morgan fingerprint density at radius 1 is 1.24 bits per heavy atom. The average Bonchev–Trinajstić information content (AvgIpc) is 2.79. The number of ether oxygens (including phenoxy) is 1. The molecule has 0 unspecified atom stereocenters. The van der Waals surface area contributed by atoms with Gasteiger partial charge in [-0.05, 0) is 30.7 Å². The summed E-state index contributed by atoms with van der Waals surface area (Å²) in [6.45, 7) is 1.55. The molecule has 1 fully saturated rings. The molecule has 3 amide bonds. The van der Waals surface area contributed by atoms with Gasteiger partial charge >= 0.3 is 6.03 Å². The number of carbonyl (C=O) groups is 2. The largest absolute Gasteiger partial charge is 0.494 e. The number of methoxy groups -OCH3 is 1. The molecule has 2 aromatic carbocycles. The second-order valence-corrected chi connectivity index (χ2v) is 6.30. The van der Waals surface area contributed by atoms with Crippen molar-refractivity contribution in [2.75, 3.05) is 7.11 Å². The van der Waals surface area contributed by atoms with E-state index in [4.69, 9.17) is 16.3 Å². The lowest BCUT2D eigenvalue weighted by Crippen LogP contribution is -2.41. The summed E-state index contributed by atoms with van der Waals surface area (Å²) in [6.07, 6.45) is 0. The van der Waals surface area contributed by atoms with E-state index >= 15 is 0 Å². The topological polar surface area (TPSA) is 58.6 Å². The van der Waals surface area contributed by atoms with Crippen LogP contribution in [0.3, 0.4) is 0 Å². The van der Waals surface area contributed by atoms with Crippen molar-refractivity contribution in [3.63, 3.8) is 0 Å². The second kappa shape index (κ2) is 6.37. The van der Waals surface area contributed by atoms with Gasteiger partial charge in [-0.15, -0.1) is 0 Å². The Morgan fingerprint density at radius 2 is 1.96 bits per heavy atom. The minimum Gasteiger partial charge on any atom is -0.494 e. The smallest absolute Gasteiger partial charge is 0.325 e. The maximum absolute atomic E-state index is 13.8. The standard InChI is InChI=1S/C18H16ClFN2O3/c1-18(12-5-3-4-6-13(12)19)16(23)22(17(24)21-18)10-11-7-8-15(25-2)14(20)9-11/h3-9H,10H2,1-2H3,(H,21,24)/t18-/m1/s1. The number of carbonyl (C=O) groups excluding carboxylic acids is 2. The van der Waals surface area contributed by atoms with Crippen LogP contribution in [0.15, 0.2) is 42.5 Å². The van der Waals surface area contributed by atoms with Gasteiger partial charge in [0, 0.05) is 10.6 Å². The molecule has 1 saturated heterocycles. The highest BCUT2D eigenvalue weighted by Crippen LogP contribution is 2.34. The fraction of sp³-hybridized carbons (Fsp3) is 0.222. The van der Waals surface area contributed by atoms with Gasteiger partial charge in [0.1, 0.15) is 5.54 Å². The Morgan fingerprint density at radius 3 is 2.60 bits per heavy atom. The summed E-state index contributed by atoms with van der Waals surface area (Å²) in [5.74, 6) is -0.899. The van der Waals surface area contributed by atoms with E-state index in [0.717, 1.165) is 4.90 Å². The first-order valence-corrected chi connectivity index (χ1v) is 7.96. The third-order valence-corrected chi connectivity index (χ3v) is 4.57. The van der Waals surface area contributed by atoms with Crippen molar-refractivity contribution in [3.8, 4) is 5.75 Å². The number of urea groups is 1. The third-order valence-electron chi connectivity index (χ3n) is 4.24. The summed E-state index contributed by atoms with van der Waals surface area (Å²) >= 11 is 6.18. The molecule has 7 heteroatoms. The van der Waals surface area contributed by atoms with E-state index < -0.39 is 23.3 Å². The van der Waals surface area contributed by atoms with Crippen molar-refractivity contribution in [1.29, 1.82) is 0 Å². The number of hydrogen-bond donors (Lipinski definition) is 1. The molecule has 1 aliphatic rings. The summed E-state index contributed by atoms with van der Waals surface area (Å²) < 4.78 is 18.7. The lowest BCUT2D eigenvalue weighted by atomic mass is 9.92. The van der Waals surface area contributed by atoms with Crippen molar-refractivity contribution < 1.29 is 18.7 Å². The molecular weight excluding hydrogens is 347 g/mol. The Balaban J connectivity index is 1.89. The summed E-state index contributed by atoms with van der Waals surface area (Å²) in [5.41, 5.74) is -0.274. The van der Waals surface area contributed by atoms with Gasteiger partial charge in [0.05, 0.1) is 13.7 Å². The number of hydrogen-bond acceptors (Lipinski definition) is 3. The highest BCUT2D eigenvalue weighted by Gasteiger charge is 2.49. The Kier molecular flexibility index (Phi) is 4.39. The van der Waals surface area contributed by atoms with E-state index in [0.29, 0.717) is 16.1 Å². The summed E-state index contributed by atoms with van der Waals surface area (Å²) in [6, 6.07) is 10.6. The first-order valence-electron chi connectivity index (χ1n) is 7.58. The van der Waals surface area contributed by atoms with Crippen LogP contribution in [0, 0.1) is 5.82 Å². The van der Waals surface area contributed by atoms with Crippen LogP contribution in [-0.2, 0) is 16.9 Å². The van der Waals surface area contributed by atoms with Crippen molar-refractivity contribution >= 4 is 23.5 Å². The van der Waals surface area contributed by atoms with Gasteiger partial charge in [-0.2, -0.15) is 0 Å². The maximum Gasteiger partial charge on any atom is 0.325 e. The molecule has 1 atom stereocenters. The molecule has 0 aliphatic carbocycles. The van der Waals surface area contributed by atoms with Gasteiger partial charge in [-0.1, -0.05) is 35.9 Å². The molecule has 2 aromatic rings. The Labute approximate surface area is 149 Å². The molecule has 0 saturated carbocycles. The average molecular weight is 363 g/mol. The molecular formula is C18H16ClFN2O3. The third kappa shape index (κ3) is 2.93. The molecule has 1 heterocycles. The van der Waals surface area contributed by atoms with Crippen LogP contribution in [-0.4, -0.2) is 23.9 Å². The van der Waals surface area contributed by atoms with Crippen LogP contribution in [0.5, 0.6) is 5.75 Å². The van der Waals surface area contributed by atoms with Gasteiger partial charge in [0.25, 0.3) is 5.91 Å². The summed E-state index contributed by atoms with van der Waals surface area (Å²) in [7, 11) is 1.37. The zero-order chi connectivity index (χ0) is 18.2. The van der Waals surface area contributed by atoms with Crippen LogP contribution in [0.4, 0.5) is 9.18 Å². The molecule has 0 aromatic heterocycles. The van der Waals surface area contributed by atoms with E-state index in [-0.39, 0.29) is 12.3 Å². The number of imide groups is 1. The monoisotopic (exact) mass is 362 g/mol. The number of benzene rings is 2. The SMILES string of the molecule is COc1ccc(CN2C(=O)N[C@](C)(c3ccccc3Cl)C2=O)cc1F. The molecule has 0 radical (unpaired) electrons. The quantitative estimate of drug-likeness (QED) is 0.847. The van der Waals surface area contributed by atoms with Crippen LogP contribution in [0.2, 0.25) is 5.02 Å². The molecule has 5 nitrogen and oxygen atoms in total. The Hall–Kier alpha value is -2.60.